The van der Waals surface area contributed by atoms with Crippen LogP contribution in [-0.2, 0) is 10.0 Å². The first kappa shape index (κ1) is 16.1. The van der Waals surface area contributed by atoms with E-state index in [1.54, 1.807) is 12.1 Å². The van der Waals surface area contributed by atoms with Gasteiger partial charge in [-0.25, -0.2) is 13.1 Å². The van der Waals surface area contributed by atoms with Gasteiger partial charge in [0.05, 0.1) is 19.1 Å². The third kappa shape index (κ3) is 4.11. The molecule has 0 spiro atoms. The van der Waals surface area contributed by atoms with E-state index in [2.05, 4.69) is 4.72 Å². The first-order chi connectivity index (χ1) is 10.1. The summed E-state index contributed by atoms with van der Waals surface area (Å²) in [4.78, 5) is 0.212. The van der Waals surface area contributed by atoms with E-state index in [0.29, 0.717) is 11.5 Å². The van der Waals surface area contributed by atoms with Gasteiger partial charge < -0.3 is 9.47 Å². The van der Waals surface area contributed by atoms with Crippen LogP contribution >= 0.6 is 0 Å². The maximum atomic E-state index is 12.5. The van der Waals surface area contributed by atoms with Crippen molar-refractivity contribution in [2.75, 3.05) is 14.2 Å². The van der Waals surface area contributed by atoms with Gasteiger partial charge in [0.2, 0.25) is 10.0 Å². The molecule has 0 atom stereocenters. The highest BCUT2D eigenvalue weighted by Crippen LogP contribution is 2.29. The van der Waals surface area contributed by atoms with Gasteiger partial charge in [0, 0.05) is 12.1 Å². The van der Waals surface area contributed by atoms with E-state index >= 15 is 0 Å². The minimum absolute atomic E-state index is 0.0330. The van der Waals surface area contributed by atoms with Crippen molar-refractivity contribution < 1.29 is 17.9 Å². The topological polar surface area (TPSA) is 64.6 Å². The lowest BCUT2D eigenvalue weighted by atomic mass is 10.1. The van der Waals surface area contributed by atoms with E-state index in [-0.39, 0.29) is 10.9 Å². The van der Waals surface area contributed by atoms with Gasteiger partial charge >= 0.3 is 0 Å². The Balaban J connectivity index is 2.18. The van der Waals surface area contributed by atoms with Gasteiger partial charge in [-0.15, -0.1) is 0 Å². The number of hydrogen-bond donors (Lipinski definition) is 1. The standard InChI is InChI=1S/C15H23NO4S/c1-19-14-10-9-13(11-15(14)20-2)21(17,18)16-12-7-5-3-4-6-8-12/h9-12,16H,3-8H2,1-2H3. The van der Waals surface area contributed by atoms with Crippen molar-refractivity contribution in [3.63, 3.8) is 0 Å². The second-order valence-electron chi connectivity index (χ2n) is 5.33. The predicted octanol–water partition coefficient (Wildman–Crippen LogP) is 2.70. The molecule has 0 radical (unpaired) electrons. The summed E-state index contributed by atoms with van der Waals surface area (Å²) in [5.41, 5.74) is 0. The fourth-order valence-electron chi connectivity index (χ4n) is 2.67. The zero-order valence-corrected chi connectivity index (χ0v) is 13.4. The molecular weight excluding hydrogens is 290 g/mol. The van der Waals surface area contributed by atoms with Gasteiger partial charge in [-0.05, 0) is 25.0 Å². The number of ether oxygens (including phenoxy) is 2. The number of methoxy groups -OCH3 is 2. The second-order valence-corrected chi connectivity index (χ2v) is 7.04. The number of benzene rings is 1. The molecule has 0 unspecified atom stereocenters. The summed E-state index contributed by atoms with van der Waals surface area (Å²) in [6, 6.07) is 4.68. The van der Waals surface area contributed by atoms with Crippen molar-refractivity contribution in [3.8, 4) is 11.5 Å². The quantitative estimate of drug-likeness (QED) is 0.849. The average Bonchev–Trinajstić information content (AvgIpc) is 2.74. The van der Waals surface area contributed by atoms with Crippen LogP contribution in [0.2, 0.25) is 0 Å². The molecule has 0 aliphatic heterocycles. The van der Waals surface area contributed by atoms with Crippen molar-refractivity contribution in [1.82, 2.24) is 4.72 Å². The molecule has 21 heavy (non-hydrogen) atoms. The zero-order valence-electron chi connectivity index (χ0n) is 12.6. The van der Waals surface area contributed by atoms with Gasteiger partial charge in [-0.2, -0.15) is 0 Å². The lowest BCUT2D eigenvalue weighted by molar-refractivity contribution is 0.354. The van der Waals surface area contributed by atoms with Crippen molar-refractivity contribution in [2.45, 2.75) is 49.5 Å². The van der Waals surface area contributed by atoms with Gasteiger partial charge in [0.15, 0.2) is 11.5 Å². The Morgan fingerprint density at radius 2 is 1.62 bits per heavy atom. The van der Waals surface area contributed by atoms with Gasteiger partial charge in [0.1, 0.15) is 0 Å². The smallest absolute Gasteiger partial charge is 0.240 e. The summed E-state index contributed by atoms with van der Waals surface area (Å²) in [7, 11) is -0.503. The molecule has 0 aromatic heterocycles. The van der Waals surface area contributed by atoms with Crippen LogP contribution in [0.4, 0.5) is 0 Å². The number of nitrogens with one attached hydrogen (secondary N) is 1. The van der Waals surface area contributed by atoms with Gasteiger partial charge in [0.25, 0.3) is 0 Å². The lowest BCUT2D eigenvalue weighted by Crippen LogP contribution is -2.34. The van der Waals surface area contributed by atoms with E-state index in [1.807, 2.05) is 0 Å². The molecule has 1 aliphatic rings. The van der Waals surface area contributed by atoms with Crippen LogP contribution in [-0.4, -0.2) is 28.7 Å². The number of rotatable bonds is 5. The molecule has 0 heterocycles. The van der Waals surface area contributed by atoms with Crippen molar-refractivity contribution in [1.29, 1.82) is 0 Å². The van der Waals surface area contributed by atoms with Gasteiger partial charge in [-0.3, -0.25) is 0 Å². The summed E-state index contributed by atoms with van der Waals surface area (Å²) < 4.78 is 38.1. The first-order valence-corrected chi connectivity index (χ1v) is 8.79. The molecule has 0 saturated heterocycles. The molecule has 6 heteroatoms. The van der Waals surface area contributed by atoms with E-state index in [4.69, 9.17) is 9.47 Å². The monoisotopic (exact) mass is 313 g/mol. The van der Waals surface area contributed by atoms with E-state index in [1.165, 1.54) is 33.1 Å². The molecule has 1 aromatic rings. The summed E-state index contributed by atoms with van der Waals surface area (Å²) >= 11 is 0. The maximum absolute atomic E-state index is 12.5. The highest BCUT2D eigenvalue weighted by Gasteiger charge is 2.22. The van der Waals surface area contributed by atoms with E-state index < -0.39 is 10.0 Å². The number of hydrogen-bond acceptors (Lipinski definition) is 4. The molecule has 118 valence electrons. The van der Waals surface area contributed by atoms with Crippen LogP contribution in [0.15, 0.2) is 23.1 Å². The Hall–Kier alpha value is -1.27. The molecule has 0 bridgehead atoms. The lowest BCUT2D eigenvalue weighted by Gasteiger charge is -2.17. The van der Waals surface area contributed by atoms with Crippen molar-refractivity contribution >= 4 is 10.0 Å². The molecule has 1 N–H and O–H groups in total. The second kappa shape index (κ2) is 7.13. The largest absolute Gasteiger partial charge is 0.493 e. The van der Waals surface area contributed by atoms with E-state index in [9.17, 15) is 8.42 Å². The summed E-state index contributed by atoms with van der Waals surface area (Å²) in [5, 5.41) is 0. The molecule has 0 amide bonds. The van der Waals surface area contributed by atoms with Crippen LogP contribution in [0.25, 0.3) is 0 Å². The van der Waals surface area contributed by atoms with Crippen LogP contribution in [0.5, 0.6) is 11.5 Å². The maximum Gasteiger partial charge on any atom is 0.240 e. The summed E-state index contributed by atoms with van der Waals surface area (Å²) in [5.74, 6) is 0.937. The van der Waals surface area contributed by atoms with Gasteiger partial charge in [-0.1, -0.05) is 25.7 Å². The Bertz CT molecular complexity index is 563. The molecule has 1 aromatic carbocycles. The Labute approximate surface area is 126 Å². The van der Waals surface area contributed by atoms with Crippen molar-refractivity contribution in [3.05, 3.63) is 18.2 Å². The predicted molar refractivity (Wildman–Crippen MR) is 81.4 cm³/mol. The van der Waals surface area contributed by atoms with E-state index in [0.717, 1.165) is 25.7 Å². The third-order valence-electron chi connectivity index (χ3n) is 3.84. The zero-order chi connectivity index (χ0) is 15.3. The summed E-state index contributed by atoms with van der Waals surface area (Å²) in [6.07, 6.45) is 6.36. The molecule has 1 saturated carbocycles. The molecular formula is C15H23NO4S. The molecule has 5 nitrogen and oxygen atoms in total. The summed E-state index contributed by atoms with van der Waals surface area (Å²) in [6.45, 7) is 0. The van der Waals surface area contributed by atoms with Crippen LogP contribution in [0.1, 0.15) is 38.5 Å². The van der Waals surface area contributed by atoms with Crippen LogP contribution in [0.3, 0.4) is 0 Å². The first-order valence-electron chi connectivity index (χ1n) is 7.31. The Morgan fingerprint density at radius 1 is 1.00 bits per heavy atom. The Kier molecular flexibility index (Phi) is 5.47. The third-order valence-corrected chi connectivity index (χ3v) is 5.36. The molecule has 1 aliphatic carbocycles. The fourth-order valence-corrected chi connectivity index (χ4v) is 3.99. The SMILES string of the molecule is COc1ccc(S(=O)(=O)NC2CCCCCC2)cc1OC. The normalized spacial score (nSPS) is 17.2. The Morgan fingerprint density at radius 3 is 2.19 bits per heavy atom. The minimum atomic E-state index is -3.52. The van der Waals surface area contributed by atoms with Crippen LogP contribution < -0.4 is 14.2 Å². The highest BCUT2D eigenvalue weighted by atomic mass is 32.2. The highest BCUT2D eigenvalue weighted by molar-refractivity contribution is 7.89. The van der Waals surface area contributed by atoms with Crippen molar-refractivity contribution in [2.24, 2.45) is 0 Å². The molecule has 2 rings (SSSR count). The average molecular weight is 313 g/mol. The fraction of sp³-hybridized carbons (Fsp3) is 0.600. The minimum Gasteiger partial charge on any atom is -0.493 e. The molecule has 1 fully saturated rings. The number of sulfonamides is 1. The van der Waals surface area contributed by atoms with Crippen LogP contribution in [0, 0.1) is 0 Å².